The number of amides is 1. The Kier molecular flexibility index (Phi) is 3.37. The highest BCUT2D eigenvalue weighted by atomic mass is 16.3. The molecule has 2 saturated carbocycles. The van der Waals surface area contributed by atoms with Crippen LogP contribution in [-0.2, 0) is 4.79 Å². The quantitative estimate of drug-likeness (QED) is 0.784. The molecule has 2 N–H and O–H groups in total. The van der Waals surface area contributed by atoms with Gasteiger partial charge in [0.2, 0.25) is 5.91 Å². The fourth-order valence-electron chi connectivity index (χ4n) is 2.99. The van der Waals surface area contributed by atoms with Crippen LogP contribution >= 0.6 is 0 Å². The number of aliphatic hydroxyl groups is 1. The molecule has 0 saturated heterocycles. The maximum atomic E-state index is 12.3. The van der Waals surface area contributed by atoms with Crippen LogP contribution in [0.4, 0.5) is 0 Å². The van der Waals surface area contributed by atoms with Gasteiger partial charge in [0.05, 0.1) is 12.2 Å². The Balaban J connectivity index is 2.01. The average Bonchev–Trinajstić information content (AvgIpc) is 2.39. The molecule has 1 amide bonds. The lowest BCUT2D eigenvalue weighted by atomic mass is 9.64. The van der Waals surface area contributed by atoms with Crippen LogP contribution in [0, 0.1) is 22.2 Å². The van der Waals surface area contributed by atoms with Gasteiger partial charge in [0, 0.05) is 11.5 Å². The van der Waals surface area contributed by atoms with Gasteiger partial charge in [0.15, 0.2) is 0 Å². The van der Waals surface area contributed by atoms with Crippen molar-refractivity contribution in [2.24, 2.45) is 10.8 Å². The molecule has 2 atom stereocenters. The Morgan fingerprint density at radius 3 is 2.39 bits per heavy atom. The SMILES string of the molecule is CC1(C)C(O)CC1NC(=O)C1(C#N)CCCCC1. The predicted molar refractivity (Wildman–Crippen MR) is 67.5 cm³/mol. The van der Waals surface area contributed by atoms with E-state index in [4.69, 9.17) is 0 Å². The van der Waals surface area contributed by atoms with Crippen molar-refractivity contribution in [2.45, 2.75) is 64.5 Å². The number of aliphatic hydroxyl groups excluding tert-OH is 1. The van der Waals surface area contributed by atoms with E-state index in [0.29, 0.717) is 19.3 Å². The number of nitrogens with one attached hydrogen (secondary N) is 1. The summed E-state index contributed by atoms with van der Waals surface area (Å²) < 4.78 is 0. The minimum Gasteiger partial charge on any atom is -0.392 e. The van der Waals surface area contributed by atoms with Crippen LogP contribution in [0.1, 0.15) is 52.4 Å². The van der Waals surface area contributed by atoms with Crippen molar-refractivity contribution < 1.29 is 9.90 Å². The molecule has 0 heterocycles. The van der Waals surface area contributed by atoms with Crippen molar-refractivity contribution in [3.8, 4) is 6.07 Å². The molecule has 2 fully saturated rings. The number of hydrogen-bond donors (Lipinski definition) is 2. The van der Waals surface area contributed by atoms with E-state index in [1.54, 1.807) is 0 Å². The molecule has 0 bridgehead atoms. The minimum absolute atomic E-state index is 0.00727. The number of hydrogen-bond acceptors (Lipinski definition) is 3. The molecule has 2 aliphatic rings. The second-order valence-electron chi connectivity index (χ2n) is 6.35. The Bertz CT molecular complexity index is 378. The van der Waals surface area contributed by atoms with Gasteiger partial charge in [-0.25, -0.2) is 0 Å². The third-order valence-corrected chi connectivity index (χ3v) is 4.88. The molecule has 2 rings (SSSR count). The van der Waals surface area contributed by atoms with E-state index in [1.165, 1.54) is 0 Å². The average molecular weight is 250 g/mol. The van der Waals surface area contributed by atoms with Gasteiger partial charge in [0.25, 0.3) is 0 Å². The third kappa shape index (κ3) is 2.01. The summed E-state index contributed by atoms with van der Waals surface area (Å²) in [6, 6.07) is 2.23. The number of rotatable bonds is 2. The molecule has 0 aromatic carbocycles. The Morgan fingerprint density at radius 1 is 1.33 bits per heavy atom. The van der Waals surface area contributed by atoms with Crippen molar-refractivity contribution in [3.63, 3.8) is 0 Å². The molecule has 100 valence electrons. The monoisotopic (exact) mass is 250 g/mol. The first-order valence-electron chi connectivity index (χ1n) is 6.83. The van der Waals surface area contributed by atoms with E-state index in [-0.39, 0.29) is 23.5 Å². The van der Waals surface area contributed by atoms with Crippen LogP contribution in [0.2, 0.25) is 0 Å². The molecule has 0 aliphatic heterocycles. The van der Waals surface area contributed by atoms with E-state index in [0.717, 1.165) is 19.3 Å². The molecule has 0 aromatic rings. The zero-order chi connectivity index (χ0) is 13.4. The van der Waals surface area contributed by atoms with E-state index in [9.17, 15) is 15.2 Å². The Hall–Kier alpha value is -1.08. The summed E-state index contributed by atoms with van der Waals surface area (Å²) in [5.41, 5.74) is -1.10. The standard InChI is InChI=1S/C14H22N2O2/c1-13(2)10(8-11(13)17)16-12(18)14(9-15)6-4-3-5-7-14/h10-11,17H,3-8H2,1-2H3,(H,16,18). The molecule has 2 unspecified atom stereocenters. The van der Waals surface area contributed by atoms with Crippen LogP contribution < -0.4 is 5.32 Å². The van der Waals surface area contributed by atoms with Crippen LogP contribution in [0.25, 0.3) is 0 Å². The van der Waals surface area contributed by atoms with Crippen molar-refractivity contribution in [2.75, 3.05) is 0 Å². The van der Waals surface area contributed by atoms with Gasteiger partial charge in [-0.3, -0.25) is 4.79 Å². The second kappa shape index (κ2) is 4.55. The van der Waals surface area contributed by atoms with Gasteiger partial charge in [0.1, 0.15) is 5.41 Å². The molecule has 4 nitrogen and oxygen atoms in total. The highest BCUT2D eigenvalue weighted by Crippen LogP contribution is 2.42. The van der Waals surface area contributed by atoms with Crippen LogP contribution in [0.5, 0.6) is 0 Å². The van der Waals surface area contributed by atoms with E-state index >= 15 is 0 Å². The molecule has 0 spiro atoms. The summed E-state index contributed by atoms with van der Waals surface area (Å²) in [5.74, 6) is -0.130. The lowest BCUT2D eigenvalue weighted by Crippen LogP contribution is -2.63. The molecular weight excluding hydrogens is 228 g/mol. The summed E-state index contributed by atoms with van der Waals surface area (Å²) in [5, 5.41) is 22.0. The number of nitrogens with zero attached hydrogens (tertiary/aromatic N) is 1. The van der Waals surface area contributed by atoms with Crippen LogP contribution in [0.15, 0.2) is 0 Å². The Labute approximate surface area is 108 Å². The summed E-state index contributed by atoms with van der Waals surface area (Å²) >= 11 is 0. The maximum absolute atomic E-state index is 12.3. The highest BCUT2D eigenvalue weighted by molar-refractivity contribution is 5.86. The molecular formula is C14H22N2O2. The van der Waals surface area contributed by atoms with Crippen LogP contribution in [0.3, 0.4) is 0 Å². The van der Waals surface area contributed by atoms with Crippen molar-refractivity contribution in [1.29, 1.82) is 5.26 Å². The smallest absolute Gasteiger partial charge is 0.240 e. The van der Waals surface area contributed by atoms with Gasteiger partial charge in [-0.05, 0) is 19.3 Å². The van der Waals surface area contributed by atoms with Gasteiger partial charge in [-0.1, -0.05) is 33.1 Å². The van der Waals surface area contributed by atoms with Crippen molar-refractivity contribution in [1.82, 2.24) is 5.32 Å². The molecule has 0 aromatic heterocycles. The fourth-order valence-corrected chi connectivity index (χ4v) is 2.99. The summed E-state index contributed by atoms with van der Waals surface area (Å²) in [6.07, 6.45) is 4.61. The Morgan fingerprint density at radius 2 is 1.94 bits per heavy atom. The van der Waals surface area contributed by atoms with Crippen molar-refractivity contribution in [3.05, 3.63) is 0 Å². The van der Waals surface area contributed by atoms with E-state index in [1.807, 2.05) is 13.8 Å². The zero-order valence-corrected chi connectivity index (χ0v) is 11.2. The zero-order valence-electron chi connectivity index (χ0n) is 11.2. The van der Waals surface area contributed by atoms with Crippen molar-refractivity contribution >= 4 is 5.91 Å². The molecule has 18 heavy (non-hydrogen) atoms. The first-order chi connectivity index (χ1) is 8.42. The van der Waals surface area contributed by atoms with Gasteiger partial charge >= 0.3 is 0 Å². The lowest BCUT2D eigenvalue weighted by molar-refractivity contribution is -0.137. The number of carbonyl (C=O) groups excluding carboxylic acids is 1. The molecule has 4 heteroatoms. The highest BCUT2D eigenvalue weighted by Gasteiger charge is 2.50. The molecule has 0 radical (unpaired) electrons. The largest absolute Gasteiger partial charge is 0.392 e. The van der Waals surface area contributed by atoms with Crippen LogP contribution in [-0.4, -0.2) is 23.2 Å². The maximum Gasteiger partial charge on any atom is 0.240 e. The van der Waals surface area contributed by atoms with E-state index < -0.39 is 5.41 Å². The fraction of sp³-hybridized carbons (Fsp3) is 0.857. The van der Waals surface area contributed by atoms with Gasteiger partial charge in [-0.15, -0.1) is 0 Å². The summed E-state index contributed by atoms with van der Waals surface area (Å²) in [4.78, 5) is 12.3. The molecule has 2 aliphatic carbocycles. The van der Waals surface area contributed by atoms with Gasteiger partial charge < -0.3 is 10.4 Å². The number of carbonyl (C=O) groups is 1. The first-order valence-corrected chi connectivity index (χ1v) is 6.83. The third-order valence-electron chi connectivity index (χ3n) is 4.88. The van der Waals surface area contributed by atoms with E-state index in [2.05, 4.69) is 11.4 Å². The topological polar surface area (TPSA) is 73.1 Å². The first kappa shape index (κ1) is 13.4. The van der Waals surface area contributed by atoms with Gasteiger partial charge in [-0.2, -0.15) is 5.26 Å². The second-order valence-corrected chi connectivity index (χ2v) is 6.35. The summed E-state index contributed by atoms with van der Waals surface area (Å²) in [7, 11) is 0. The minimum atomic E-state index is -0.825. The normalized spacial score (nSPS) is 33.0. The summed E-state index contributed by atoms with van der Waals surface area (Å²) in [6.45, 7) is 3.90. The lowest BCUT2D eigenvalue weighted by Gasteiger charge is -2.50. The number of nitriles is 1. The predicted octanol–water partition coefficient (Wildman–Crippen LogP) is 1.74.